The molecule has 4 nitrogen and oxygen atoms in total. The van der Waals surface area contributed by atoms with Crippen LogP contribution in [0.3, 0.4) is 0 Å². The van der Waals surface area contributed by atoms with Crippen LogP contribution in [0.4, 0.5) is 5.69 Å². The molecule has 2 heterocycles. The first-order valence-electron chi connectivity index (χ1n) is 9.65. The molecule has 1 aliphatic heterocycles. The Kier molecular flexibility index (Phi) is 4.78. The first-order chi connectivity index (χ1) is 13.6. The molecule has 1 aromatic heterocycles. The van der Waals surface area contributed by atoms with E-state index in [-0.39, 0.29) is 5.91 Å². The van der Waals surface area contributed by atoms with Gasteiger partial charge in [-0.2, -0.15) is 0 Å². The monoisotopic (exact) mass is 372 g/mol. The largest absolute Gasteiger partial charge is 0.497 e. The van der Waals surface area contributed by atoms with Gasteiger partial charge in [0.1, 0.15) is 5.75 Å². The highest BCUT2D eigenvalue weighted by Gasteiger charge is 2.25. The van der Waals surface area contributed by atoms with Gasteiger partial charge in [0.05, 0.1) is 12.7 Å². The Hall–Kier alpha value is -3.27. The van der Waals surface area contributed by atoms with Gasteiger partial charge in [-0.05, 0) is 59.9 Å². The fraction of sp³-hybridized carbons (Fsp3) is 0.208. The summed E-state index contributed by atoms with van der Waals surface area (Å²) in [5.74, 6) is 0.751. The van der Waals surface area contributed by atoms with Crippen molar-refractivity contribution in [2.45, 2.75) is 26.7 Å². The van der Waals surface area contributed by atoms with Crippen LogP contribution in [-0.4, -0.2) is 18.0 Å². The topological polar surface area (TPSA) is 54.1 Å². The highest BCUT2D eigenvalue weighted by atomic mass is 16.5. The minimum absolute atomic E-state index is 0.0625. The Morgan fingerprint density at radius 2 is 1.82 bits per heavy atom. The highest BCUT2D eigenvalue weighted by Crippen LogP contribution is 2.37. The Morgan fingerprint density at radius 3 is 2.57 bits per heavy atom. The van der Waals surface area contributed by atoms with Gasteiger partial charge in [-0.25, -0.2) is 0 Å². The number of hydrogen-bond acceptors (Lipinski definition) is 2. The van der Waals surface area contributed by atoms with E-state index in [1.165, 1.54) is 11.3 Å². The van der Waals surface area contributed by atoms with Crippen molar-refractivity contribution in [3.63, 3.8) is 0 Å². The molecule has 0 saturated heterocycles. The maximum absolute atomic E-state index is 12.6. The number of carbonyl (C=O) groups excluding carboxylic acids is 1. The van der Waals surface area contributed by atoms with E-state index in [1.807, 2.05) is 42.5 Å². The molecule has 1 aliphatic rings. The van der Waals surface area contributed by atoms with Gasteiger partial charge >= 0.3 is 0 Å². The number of aryl methyl sites for hydroxylation is 2. The van der Waals surface area contributed by atoms with E-state index in [0.29, 0.717) is 5.57 Å². The van der Waals surface area contributed by atoms with Crippen molar-refractivity contribution in [3.05, 3.63) is 71.0 Å². The predicted molar refractivity (Wildman–Crippen MR) is 114 cm³/mol. The van der Waals surface area contributed by atoms with E-state index < -0.39 is 0 Å². The summed E-state index contributed by atoms with van der Waals surface area (Å²) in [6.45, 7) is 4.26. The number of ether oxygens (including phenoxy) is 1. The zero-order chi connectivity index (χ0) is 19.7. The lowest BCUT2D eigenvalue weighted by Gasteiger charge is -2.07. The standard InChI is InChI=1S/C24H24N2O2/c1-4-15-11-18(5-2)25-22(15)14-21-20-10-9-17(13-23(20)26-24(21)27)16-7-6-8-19(12-16)28-3/h6-14,25H,4-5H2,1-3H3,(H,26,27). The molecule has 2 N–H and O–H groups in total. The summed E-state index contributed by atoms with van der Waals surface area (Å²) in [5.41, 5.74) is 8.03. The Bertz CT molecular complexity index is 1080. The Labute approximate surface area is 165 Å². The fourth-order valence-electron chi connectivity index (χ4n) is 3.65. The van der Waals surface area contributed by atoms with Crippen molar-refractivity contribution < 1.29 is 9.53 Å². The molecule has 142 valence electrons. The number of hydrogen-bond donors (Lipinski definition) is 2. The van der Waals surface area contributed by atoms with Gasteiger partial charge in [-0.1, -0.05) is 38.1 Å². The van der Waals surface area contributed by atoms with Crippen LogP contribution < -0.4 is 10.1 Å². The lowest BCUT2D eigenvalue weighted by molar-refractivity contribution is -0.110. The van der Waals surface area contributed by atoms with Crippen LogP contribution in [0, 0.1) is 0 Å². The number of nitrogens with one attached hydrogen (secondary N) is 2. The van der Waals surface area contributed by atoms with Gasteiger partial charge in [0, 0.05) is 22.6 Å². The summed E-state index contributed by atoms with van der Waals surface area (Å²) >= 11 is 0. The third-order valence-electron chi connectivity index (χ3n) is 5.25. The number of anilines is 1. The average Bonchev–Trinajstić information content (AvgIpc) is 3.28. The molecule has 3 aromatic rings. The van der Waals surface area contributed by atoms with E-state index in [2.05, 4.69) is 36.3 Å². The van der Waals surface area contributed by atoms with E-state index in [4.69, 9.17) is 4.74 Å². The van der Waals surface area contributed by atoms with Crippen LogP contribution in [0.1, 0.15) is 36.4 Å². The SMILES string of the molecule is CCc1cc(CC)c(C=C2C(=O)Nc3cc(-c4cccc(OC)c4)ccc32)[nH]1. The summed E-state index contributed by atoms with van der Waals surface area (Å²) < 4.78 is 5.32. The molecule has 0 aliphatic carbocycles. The Morgan fingerprint density at radius 1 is 1.00 bits per heavy atom. The third kappa shape index (κ3) is 3.22. The maximum atomic E-state index is 12.6. The lowest BCUT2D eigenvalue weighted by Crippen LogP contribution is -2.03. The number of aromatic amines is 1. The first kappa shape index (κ1) is 18.1. The molecule has 0 spiro atoms. The molecule has 4 rings (SSSR count). The fourth-order valence-corrected chi connectivity index (χ4v) is 3.65. The maximum Gasteiger partial charge on any atom is 0.256 e. The Balaban J connectivity index is 1.73. The van der Waals surface area contributed by atoms with Crippen molar-refractivity contribution >= 4 is 23.2 Å². The minimum atomic E-state index is -0.0625. The van der Waals surface area contributed by atoms with Crippen LogP contribution in [0.2, 0.25) is 0 Å². The average molecular weight is 372 g/mol. The normalized spacial score (nSPS) is 14.2. The quantitative estimate of drug-likeness (QED) is 0.597. The smallest absolute Gasteiger partial charge is 0.256 e. The molecule has 4 heteroatoms. The number of methoxy groups -OCH3 is 1. The second kappa shape index (κ2) is 7.39. The van der Waals surface area contributed by atoms with Crippen LogP contribution >= 0.6 is 0 Å². The molecule has 0 atom stereocenters. The number of aromatic nitrogens is 1. The van der Waals surface area contributed by atoms with Crippen molar-refractivity contribution in [1.29, 1.82) is 0 Å². The molecule has 2 aromatic carbocycles. The predicted octanol–water partition coefficient (Wildman–Crippen LogP) is 5.31. The molecule has 0 unspecified atom stereocenters. The molecular weight excluding hydrogens is 348 g/mol. The molecule has 0 fully saturated rings. The second-order valence-corrected chi connectivity index (χ2v) is 6.95. The van der Waals surface area contributed by atoms with E-state index in [9.17, 15) is 4.79 Å². The zero-order valence-electron chi connectivity index (χ0n) is 16.4. The van der Waals surface area contributed by atoms with Gasteiger partial charge in [-0.15, -0.1) is 0 Å². The highest BCUT2D eigenvalue weighted by molar-refractivity contribution is 6.35. The number of fused-ring (bicyclic) bond motifs is 1. The van der Waals surface area contributed by atoms with Crippen LogP contribution in [0.15, 0.2) is 48.5 Å². The van der Waals surface area contributed by atoms with Crippen molar-refractivity contribution in [2.24, 2.45) is 0 Å². The van der Waals surface area contributed by atoms with Gasteiger partial charge < -0.3 is 15.0 Å². The third-order valence-corrected chi connectivity index (χ3v) is 5.25. The van der Waals surface area contributed by atoms with Crippen LogP contribution in [-0.2, 0) is 17.6 Å². The van der Waals surface area contributed by atoms with Crippen molar-refractivity contribution in [2.75, 3.05) is 12.4 Å². The first-order valence-corrected chi connectivity index (χ1v) is 9.65. The summed E-state index contributed by atoms with van der Waals surface area (Å²) in [5, 5.41) is 3.01. The molecule has 1 amide bonds. The van der Waals surface area contributed by atoms with Crippen molar-refractivity contribution in [1.82, 2.24) is 4.98 Å². The molecule has 0 radical (unpaired) electrons. The van der Waals surface area contributed by atoms with E-state index in [1.54, 1.807) is 7.11 Å². The number of rotatable bonds is 5. The molecule has 28 heavy (non-hydrogen) atoms. The minimum Gasteiger partial charge on any atom is -0.497 e. The van der Waals surface area contributed by atoms with E-state index >= 15 is 0 Å². The lowest BCUT2D eigenvalue weighted by atomic mass is 9.99. The van der Waals surface area contributed by atoms with Crippen LogP contribution in [0.5, 0.6) is 5.75 Å². The summed E-state index contributed by atoms with van der Waals surface area (Å²) in [6.07, 6.45) is 3.85. The van der Waals surface area contributed by atoms with Gasteiger partial charge in [0.25, 0.3) is 5.91 Å². The molecule has 0 saturated carbocycles. The summed E-state index contributed by atoms with van der Waals surface area (Å²) in [7, 11) is 1.66. The number of amides is 1. The summed E-state index contributed by atoms with van der Waals surface area (Å²) in [6, 6.07) is 16.2. The van der Waals surface area contributed by atoms with Gasteiger partial charge in [0.15, 0.2) is 0 Å². The number of benzene rings is 2. The molecule has 0 bridgehead atoms. The van der Waals surface area contributed by atoms with Crippen molar-refractivity contribution in [3.8, 4) is 16.9 Å². The second-order valence-electron chi connectivity index (χ2n) is 6.95. The number of carbonyl (C=O) groups is 1. The van der Waals surface area contributed by atoms with Crippen LogP contribution in [0.25, 0.3) is 22.8 Å². The van der Waals surface area contributed by atoms with Gasteiger partial charge in [0.2, 0.25) is 0 Å². The number of H-pyrrole nitrogens is 1. The zero-order valence-corrected chi connectivity index (χ0v) is 16.4. The molecular formula is C24H24N2O2. The van der Waals surface area contributed by atoms with E-state index in [0.717, 1.165) is 46.7 Å². The summed E-state index contributed by atoms with van der Waals surface area (Å²) in [4.78, 5) is 16.1. The van der Waals surface area contributed by atoms with Gasteiger partial charge in [-0.3, -0.25) is 4.79 Å².